The quantitative estimate of drug-likeness (QED) is 0.711. The van der Waals surface area contributed by atoms with E-state index >= 15 is 0 Å². The van der Waals surface area contributed by atoms with Crippen molar-refractivity contribution in [3.63, 3.8) is 0 Å². The van der Waals surface area contributed by atoms with Crippen molar-refractivity contribution < 1.29 is 14.7 Å². The molecular weight excluding hydrogens is 220 g/mol. The number of amides is 1. The molecule has 0 saturated heterocycles. The second-order valence-electron chi connectivity index (χ2n) is 4.12. The van der Waals surface area contributed by atoms with Gasteiger partial charge in [-0.1, -0.05) is 6.07 Å². The number of fused-ring (bicyclic) bond motifs is 1. The first kappa shape index (κ1) is 11.6. The Morgan fingerprint density at radius 2 is 2.06 bits per heavy atom. The molecule has 5 nitrogen and oxygen atoms in total. The fourth-order valence-corrected chi connectivity index (χ4v) is 1.78. The number of hydrogen-bond donors (Lipinski definition) is 3. The minimum Gasteiger partial charge on any atom is -0.480 e. The lowest BCUT2D eigenvalue weighted by atomic mass is 10.1. The van der Waals surface area contributed by atoms with Crippen LogP contribution < -0.4 is 10.6 Å². The molecule has 0 fully saturated rings. The Morgan fingerprint density at radius 1 is 1.35 bits per heavy atom. The highest BCUT2D eigenvalue weighted by atomic mass is 16.4. The van der Waals surface area contributed by atoms with Crippen molar-refractivity contribution in [2.24, 2.45) is 0 Å². The summed E-state index contributed by atoms with van der Waals surface area (Å²) in [5, 5.41) is 14.3. The maximum Gasteiger partial charge on any atom is 0.325 e. The number of aliphatic carboxylic acids is 1. The molecule has 0 bridgehead atoms. The van der Waals surface area contributed by atoms with Crippen LogP contribution in [0.3, 0.4) is 0 Å². The average molecular weight is 234 g/mol. The van der Waals surface area contributed by atoms with E-state index in [0.29, 0.717) is 5.56 Å². The molecule has 3 N–H and O–H groups in total. The van der Waals surface area contributed by atoms with Crippen molar-refractivity contribution in [2.75, 3.05) is 0 Å². The van der Waals surface area contributed by atoms with Gasteiger partial charge >= 0.3 is 5.97 Å². The average Bonchev–Trinajstić information content (AvgIpc) is 2.75. The Kier molecular flexibility index (Phi) is 3.10. The highest BCUT2D eigenvalue weighted by Gasteiger charge is 2.17. The molecule has 0 saturated carbocycles. The van der Waals surface area contributed by atoms with Gasteiger partial charge in [0.05, 0.1) is 0 Å². The van der Waals surface area contributed by atoms with Crippen molar-refractivity contribution in [1.82, 2.24) is 10.6 Å². The molecule has 1 amide bonds. The number of carbonyl (C=O) groups is 2. The van der Waals surface area contributed by atoms with Crippen LogP contribution in [0.5, 0.6) is 0 Å². The number of hydrogen-bond acceptors (Lipinski definition) is 3. The number of carbonyl (C=O) groups excluding carboxylic acids is 1. The Bertz CT molecular complexity index is 471. The highest BCUT2D eigenvalue weighted by molar-refractivity contribution is 5.96. The molecule has 0 radical (unpaired) electrons. The number of rotatable bonds is 3. The Labute approximate surface area is 98.8 Å². The summed E-state index contributed by atoms with van der Waals surface area (Å²) in [4.78, 5) is 22.4. The topological polar surface area (TPSA) is 78.4 Å². The van der Waals surface area contributed by atoms with Crippen LogP contribution in [0.15, 0.2) is 18.2 Å². The van der Waals surface area contributed by atoms with Gasteiger partial charge in [-0.25, -0.2) is 0 Å². The van der Waals surface area contributed by atoms with Gasteiger partial charge in [-0.05, 0) is 30.2 Å². The van der Waals surface area contributed by atoms with Crippen molar-refractivity contribution in [3.8, 4) is 0 Å². The maximum atomic E-state index is 11.8. The lowest BCUT2D eigenvalue weighted by Crippen LogP contribution is -2.38. The van der Waals surface area contributed by atoms with Crippen molar-refractivity contribution >= 4 is 11.9 Å². The van der Waals surface area contributed by atoms with Crippen molar-refractivity contribution in [1.29, 1.82) is 0 Å². The van der Waals surface area contributed by atoms with E-state index in [2.05, 4.69) is 10.6 Å². The second kappa shape index (κ2) is 4.55. The molecule has 1 aliphatic rings. The molecule has 1 atom stereocenters. The van der Waals surface area contributed by atoms with E-state index in [4.69, 9.17) is 5.11 Å². The summed E-state index contributed by atoms with van der Waals surface area (Å²) in [6.07, 6.45) is 0. The molecule has 90 valence electrons. The molecule has 0 aromatic heterocycles. The van der Waals surface area contributed by atoms with Crippen LogP contribution in [0.25, 0.3) is 0 Å². The van der Waals surface area contributed by atoms with Gasteiger partial charge in [0.25, 0.3) is 5.91 Å². The molecule has 2 rings (SSSR count). The molecule has 1 heterocycles. The molecule has 0 aliphatic carbocycles. The lowest BCUT2D eigenvalue weighted by molar-refractivity contribution is -0.138. The van der Waals surface area contributed by atoms with Crippen LogP contribution in [0, 0.1) is 0 Å². The van der Waals surface area contributed by atoms with Gasteiger partial charge in [-0.15, -0.1) is 0 Å². The molecule has 17 heavy (non-hydrogen) atoms. The molecule has 0 spiro atoms. The molecular formula is C12H14N2O3. The normalized spacial score (nSPS) is 15.1. The standard InChI is InChI=1S/C12H14N2O3/c1-7(12(16)17)14-11(15)8-2-3-9-5-13-6-10(9)4-8/h2-4,7,13H,5-6H2,1H3,(H,14,15)(H,16,17). The van der Waals surface area contributed by atoms with Crippen LogP contribution in [0.1, 0.15) is 28.4 Å². The third kappa shape index (κ3) is 2.45. The summed E-state index contributed by atoms with van der Waals surface area (Å²) < 4.78 is 0. The predicted molar refractivity (Wildman–Crippen MR) is 61.5 cm³/mol. The smallest absolute Gasteiger partial charge is 0.325 e. The maximum absolute atomic E-state index is 11.8. The fraction of sp³-hybridized carbons (Fsp3) is 0.333. The van der Waals surface area contributed by atoms with Crippen molar-refractivity contribution in [3.05, 3.63) is 34.9 Å². The van der Waals surface area contributed by atoms with Crippen LogP contribution in [-0.4, -0.2) is 23.0 Å². The molecule has 5 heteroatoms. The minimum absolute atomic E-state index is 0.352. The third-order valence-electron chi connectivity index (χ3n) is 2.82. The van der Waals surface area contributed by atoms with Crippen LogP contribution in [0.2, 0.25) is 0 Å². The zero-order valence-electron chi connectivity index (χ0n) is 9.49. The predicted octanol–water partition coefficient (Wildman–Crippen LogP) is 0.493. The first-order chi connectivity index (χ1) is 8.08. The van der Waals surface area contributed by atoms with E-state index in [1.807, 2.05) is 6.07 Å². The van der Waals surface area contributed by atoms with E-state index in [9.17, 15) is 9.59 Å². The van der Waals surface area contributed by atoms with Crippen LogP contribution in [0.4, 0.5) is 0 Å². The summed E-state index contributed by atoms with van der Waals surface area (Å²) in [7, 11) is 0. The summed E-state index contributed by atoms with van der Waals surface area (Å²) in [6, 6.07) is 4.54. The SMILES string of the molecule is CC(NC(=O)c1ccc2c(c1)CNC2)C(=O)O. The number of carboxylic acid groups (broad SMARTS) is 1. The van der Waals surface area contributed by atoms with Gasteiger partial charge in [0.2, 0.25) is 0 Å². The van der Waals surface area contributed by atoms with E-state index in [1.54, 1.807) is 12.1 Å². The zero-order valence-corrected chi connectivity index (χ0v) is 9.49. The number of benzene rings is 1. The largest absolute Gasteiger partial charge is 0.480 e. The highest BCUT2D eigenvalue weighted by Crippen LogP contribution is 2.16. The molecule has 1 unspecified atom stereocenters. The second-order valence-corrected chi connectivity index (χ2v) is 4.12. The molecule has 1 aromatic rings. The summed E-state index contributed by atoms with van der Waals surface area (Å²) in [5.41, 5.74) is 2.79. The van der Waals surface area contributed by atoms with Gasteiger partial charge in [-0.2, -0.15) is 0 Å². The molecule has 1 aliphatic heterocycles. The Balaban J connectivity index is 2.12. The van der Waals surface area contributed by atoms with Gasteiger partial charge in [0, 0.05) is 18.7 Å². The first-order valence-corrected chi connectivity index (χ1v) is 5.44. The number of carboxylic acids is 1. The summed E-state index contributed by atoms with van der Waals surface area (Å²) in [5.74, 6) is -1.39. The van der Waals surface area contributed by atoms with Gasteiger partial charge < -0.3 is 15.7 Å². The van der Waals surface area contributed by atoms with Gasteiger partial charge in [0.1, 0.15) is 6.04 Å². The summed E-state index contributed by atoms with van der Waals surface area (Å²) in [6.45, 7) is 3.02. The van der Waals surface area contributed by atoms with Crippen molar-refractivity contribution in [2.45, 2.75) is 26.1 Å². The van der Waals surface area contributed by atoms with E-state index < -0.39 is 12.0 Å². The monoisotopic (exact) mass is 234 g/mol. The Morgan fingerprint density at radius 3 is 2.76 bits per heavy atom. The lowest BCUT2D eigenvalue weighted by Gasteiger charge is -2.09. The van der Waals surface area contributed by atoms with E-state index in [1.165, 1.54) is 12.5 Å². The summed E-state index contributed by atoms with van der Waals surface area (Å²) >= 11 is 0. The van der Waals surface area contributed by atoms with E-state index in [-0.39, 0.29) is 5.91 Å². The van der Waals surface area contributed by atoms with Crippen LogP contribution in [-0.2, 0) is 17.9 Å². The first-order valence-electron chi connectivity index (χ1n) is 5.44. The number of nitrogens with one attached hydrogen (secondary N) is 2. The fourth-order valence-electron chi connectivity index (χ4n) is 1.78. The van der Waals surface area contributed by atoms with Gasteiger partial charge in [-0.3, -0.25) is 9.59 Å². The van der Waals surface area contributed by atoms with Crippen LogP contribution >= 0.6 is 0 Å². The third-order valence-corrected chi connectivity index (χ3v) is 2.82. The van der Waals surface area contributed by atoms with Gasteiger partial charge in [0.15, 0.2) is 0 Å². The Hall–Kier alpha value is -1.88. The minimum atomic E-state index is -1.04. The molecule has 1 aromatic carbocycles. The van der Waals surface area contributed by atoms with E-state index in [0.717, 1.165) is 18.7 Å². The zero-order chi connectivity index (χ0) is 12.4.